The van der Waals surface area contributed by atoms with Crippen molar-refractivity contribution in [3.8, 4) is 0 Å². The van der Waals surface area contributed by atoms with Crippen molar-refractivity contribution < 1.29 is 9.59 Å². The van der Waals surface area contributed by atoms with Gasteiger partial charge >= 0.3 is 0 Å². The van der Waals surface area contributed by atoms with Gasteiger partial charge in [-0.15, -0.1) is 0 Å². The third-order valence-electron chi connectivity index (χ3n) is 3.47. The number of nitrogens with zero attached hydrogens (tertiary/aromatic N) is 1. The summed E-state index contributed by atoms with van der Waals surface area (Å²) in [5.74, 6) is -1.06. The van der Waals surface area contributed by atoms with E-state index >= 15 is 0 Å². The molecule has 106 valence electrons. The molecule has 0 atom stereocenters. The van der Waals surface area contributed by atoms with Crippen LogP contribution in [0, 0.1) is 6.92 Å². The van der Waals surface area contributed by atoms with E-state index in [0.717, 1.165) is 11.1 Å². The van der Waals surface area contributed by atoms with Crippen molar-refractivity contribution >= 4 is 40.6 Å². The highest BCUT2D eigenvalue weighted by molar-refractivity contribution is 6.52. The van der Waals surface area contributed by atoms with Gasteiger partial charge in [0.1, 0.15) is 0 Å². The third-order valence-corrected chi connectivity index (χ3v) is 4.06. The third kappa shape index (κ3) is 2.43. The number of hydrogen-bond acceptors (Lipinski definition) is 2. The largest absolute Gasteiger partial charge is 0.300 e. The standard InChI is InChI=1S/C16H11Cl2NO2/c1-9-2-3-10(13(18)6-9)8-19-14-7-11(17)4-5-12(14)15(20)16(19)21/h2-7H,8H2,1H3. The van der Waals surface area contributed by atoms with Crippen LogP contribution in [0.25, 0.3) is 0 Å². The summed E-state index contributed by atoms with van der Waals surface area (Å²) in [6.45, 7) is 2.19. The normalized spacial score (nSPS) is 13.8. The highest BCUT2D eigenvalue weighted by Crippen LogP contribution is 2.33. The lowest BCUT2D eigenvalue weighted by Gasteiger charge is -2.17. The molecule has 3 nitrogen and oxygen atoms in total. The Hall–Kier alpha value is -1.84. The Labute approximate surface area is 132 Å². The molecule has 0 N–H and O–H groups in total. The Balaban J connectivity index is 2.02. The minimum Gasteiger partial charge on any atom is -0.300 e. The maximum Gasteiger partial charge on any atom is 0.299 e. The molecule has 0 aliphatic carbocycles. The minimum absolute atomic E-state index is 0.247. The van der Waals surface area contributed by atoms with Crippen LogP contribution in [-0.4, -0.2) is 11.7 Å². The van der Waals surface area contributed by atoms with Crippen molar-refractivity contribution in [2.75, 3.05) is 4.90 Å². The molecule has 1 aliphatic heterocycles. The molecule has 21 heavy (non-hydrogen) atoms. The Morgan fingerprint density at radius 3 is 2.52 bits per heavy atom. The van der Waals surface area contributed by atoms with E-state index in [1.165, 1.54) is 4.90 Å². The van der Waals surface area contributed by atoms with Crippen LogP contribution in [0.2, 0.25) is 10.0 Å². The van der Waals surface area contributed by atoms with Gasteiger partial charge in [-0.05, 0) is 42.3 Å². The molecule has 1 amide bonds. The summed E-state index contributed by atoms with van der Waals surface area (Å²) in [5.41, 5.74) is 2.74. The summed E-state index contributed by atoms with van der Waals surface area (Å²) in [7, 11) is 0. The van der Waals surface area contributed by atoms with Crippen molar-refractivity contribution in [1.82, 2.24) is 0 Å². The van der Waals surface area contributed by atoms with Gasteiger partial charge in [0.05, 0.1) is 17.8 Å². The molecule has 1 aliphatic rings. The van der Waals surface area contributed by atoms with E-state index in [-0.39, 0.29) is 6.54 Å². The number of ketones is 1. The lowest BCUT2D eigenvalue weighted by Crippen LogP contribution is -2.29. The lowest BCUT2D eigenvalue weighted by atomic mass is 10.1. The Morgan fingerprint density at radius 2 is 1.81 bits per heavy atom. The van der Waals surface area contributed by atoms with Crippen molar-refractivity contribution in [1.29, 1.82) is 0 Å². The molecule has 2 aromatic carbocycles. The second-order valence-corrected chi connectivity index (χ2v) is 5.82. The van der Waals surface area contributed by atoms with Crippen molar-refractivity contribution in [3.63, 3.8) is 0 Å². The van der Waals surface area contributed by atoms with Crippen molar-refractivity contribution in [2.24, 2.45) is 0 Å². The van der Waals surface area contributed by atoms with Crippen LogP contribution in [0.15, 0.2) is 36.4 Å². The molecule has 0 aromatic heterocycles. The predicted octanol–water partition coefficient (Wildman–Crippen LogP) is 4.03. The molecule has 0 bridgehead atoms. The summed E-state index contributed by atoms with van der Waals surface area (Å²) in [4.78, 5) is 25.5. The SMILES string of the molecule is Cc1ccc(CN2C(=O)C(=O)c3ccc(Cl)cc32)c(Cl)c1. The lowest BCUT2D eigenvalue weighted by molar-refractivity contribution is -0.114. The fourth-order valence-corrected chi connectivity index (χ4v) is 2.84. The number of fused-ring (bicyclic) bond motifs is 1. The predicted molar refractivity (Wildman–Crippen MR) is 83.2 cm³/mol. The van der Waals surface area contributed by atoms with E-state index in [1.54, 1.807) is 18.2 Å². The number of carbonyl (C=O) groups is 2. The summed E-state index contributed by atoms with van der Waals surface area (Å²) in [5, 5.41) is 1.06. The highest BCUT2D eigenvalue weighted by Gasteiger charge is 2.36. The molecule has 2 aromatic rings. The Morgan fingerprint density at radius 1 is 1.05 bits per heavy atom. The second-order valence-electron chi connectivity index (χ2n) is 4.98. The zero-order chi connectivity index (χ0) is 15.1. The minimum atomic E-state index is -0.552. The molecule has 0 radical (unpaired) electrons. The molecule has 0 spiro atoms. The molecule has 0 fully saturated rings. The van der Waals surface area contributed by atoms with Crippen molar-refractivity contribution in [3.05, 3.63) is 63.1 Å². The highest BCUT2D eigenvalue weighted by atomic mass is 35.5. The van der Waals surface area contributed by atoms with Gasteiger partial charge in [0, 0.05) is 10.0 Å². The van der Waals surface area contributed by atoms with Gasteiger partial charge in [0.2, 0.25) is 0 Å². The molecular weight excluding hydrogens is 309 g/mol. The van der Waals surface area contributed by atoms with E-state index in [4.69, 9.17) is 23.2 Å². The Kier molecular flexibility index (Phi) is 3.47. The number of rotatable bonds is 2. The first-order chi connectivity index (χ1) is 9.97. The maximum atomic E-state index is 12.1. The molecular formula is C16H11Cl2NO2. The smallest absolute Gasteiger partial charge is 0.299 e. The van der Waals surface area contributed by atoms with Crippen LogP contribution < -0.4 is 4.90 Å². The van der Waals surface area contributed by atoms with E-state index < -0.39 is 11.7 Å². The van der Waals surface area contributed by atoms with Gasteiger partial charge in [-0.3, -0.25) is 9.59 Å². The number of anilines is 1. The number of aryl methyl sites for hydroxylation is 1. The number of carbonyl (C=O) groups excluding carboxylic acids is 2. The number of benzene rings is 2. The van der Waals surface area contributed by atoms with E-state index in [9.17, 15) is 9.59 Å². The number of Topliss-reactive ketones (excluding diaryl/α,β-unsaturated/α-hetero) is 1. The zero-order valence-electron chi connectivity index (χ0n) is 11.2. The fourth-order valence-electron chi connectivity index (χ4n) is 2.38. The van der Waals surface area contributed by atoms with Gasteiger partial charge in [-0.25, -0.2) is 0 Å². The van der Waals surface area contributed by atoms with Gasteiger partial charge in [0.25, 0.3) is 11.7 Å². The average Bonchev–Trinajstić information content (AvgIpc) is 2.66. The summed E-state index contributed by atoms with van der Waals surface area (Å²) < 4.78 is 0. The van der Waals surface area contributed by atoms with Gasteiger partial charge in [-0.1, -0.05) is 35.3 Å². The van der Waals surface area contributed by atoms with Crippen LogP contribution in [-0.2, 0) is 11.3 Å². The molecule has 1 heterocycles. The number of amides is 1. The summed E-state index contributed by atoms with van der Waals surface area (Å²) in [6, 6.07) is 10.4. The fraction of sp³-hybridized carbons (Fsp3) is 0.125. The van der Waals surface area contributed by atoms with E-state index in [0.29, 0.717) is 21.3 Å². The van der Waals surface area contributed by atoms with E-state index in [2.05, 4.69) is 0 Å². The van der Waals surface area contributed by atoms with Crippen LogP contribution in [0.3, 0.4) is 0 Å². The first kappa shape index (κ1) is 14.1. The molecule has 5 heteroatoms. The topological polar surface area (TPSA) is 37.4 Å². The van der Waals surface area contributed by atoms with E-state index in [1.807, 2.05) is 25.1 Å². The first-order valence-corrected chi connectivity index (χ1v) is 7.14. The van der Waals surface area contributed by atoms with Crippen LogP contribution in [0.1, 0.15) is 21.5 Å². The average molecular weight is 320 g/mol. The molecule has 0 unspecified atom stereocenters. The monoisotopic (exact) mass is 319 g/mol. The van der Waals surface area contributed by atoms with Gasteiger partial charge in [-0.2, -0.15) is 0 Å². The number of hydrogen-bond donors (Lipinski definition) is 0. The second kappa shape index (κ2) is 5.17. The molecule has 0 saturated carbocycles. The van der Waals surface area contributed by atoms with Crippen LogP contribution >= 0.6 is 23.2 Å². The number of halogens is 2. The van der Waals surface area contributed by atoms with Crippen LogP contribution in [0.5, 0.6) is 0 Å². The van der Waals surface area contributed by atoms with Crippen molar-refractivity contribution in [2.45, 2.75) is 13.5 Å². The summed E-state index contributed by atoms with van der Waals surface area (Å²) >= 11 is 12.2. The zero-order valence-corrected chi connectivity index (χ0v) is 12.7. The maximum absolute atomic E-state index is 12.1. The van der Waals surface area contributed by atoms with Gasteiger partial charge in [0.15, 0.2) is 0 Å². The Bertz CT molecular complexity index is 771. The quantitative estimate of drug-likeness (QED) is 0.784. The first-order valence-electron chi connectivity index (χ1n) is 6.38. The summed E-state index contributed by atoms with van der Waals surface area (Å²) in [6.07, 6.45) is 0. The molecule has 0 saturated heterocycles. The van der Waals surface area contributed by atoms with Gasteiger partial charge < -0.3 is 4.90 Å². The molecule has 3 rings (SSSR count). The van der Waals surface area contributed by atoms with Crippen LogP contribution in [0.4, 0.5) is 5.69 Å².